The van der Waals surface area contributed by atoms with Gasteiger partial charge in [-0.1, -0.05) is 6.92 Å². The van der Waals surface area contributed by atoms with E-state index >= 15 is 0 Å². The van der Waals surface area contributed by atoms with Gasteiger partial charge in [0.1, 0.15) is 0 Å². The Hall–Kier alpha value is -1.36. The number of carbonyl (C=O) groups excluding carboxylic acids is 1. The van der Waals surface area contributed by atoms with E-state index in [9.17, 15) is 4.79 Å². The highest BCUT2D eigenvalue weighted by atomic mass is 16.2. The number of nitrogens with zero attached hydrogens (tertiary/aromatic N) is 2. The van der Waals surface area contributed by atoms with Gasteiger partial charge in [0.15, 0.2) is 5.69 Å². The lowest BCUT2D eigenvalue weighted by Gasteiger charge is -2.22. The van der Waals surface area contributed by atoms with E-state index in [-0.39, 0.29) is 5.91 Å². The first-order chi connectivity index (χ1) is 8.81. The summed E-state index contributed by atoms with van der Waals surface area (Å²) >= 11 is 0. The van der Waals surface area contributed by atoms with Gasteiger partial charge in [0.25, 0.3) is 5.91 Å². The molecule has 5 nitrogen and oxygen atoms in total. The van der Waals surface area contributed by atoms with Gasteiger partial charge in [0.05, 0.1) is 0 Å². The van der Waals surface area contributed by atoms with E-state index in [0.717, 1.165) is 56.6 Å². The van der Waals surface area contributed by atoms with E-state index in [1.54, 1.807) is 0 Å². The first kappa shape index (κ1) is 11.7. The lowest BCUT2D eigenvalue weighted by Crippen LogP contribution is -2.35. The van der Waals surface area contributed by atoms with Crippen LogP contribution in [0.4, 0.5) is 0 Å². The fourth-order valence-electron chi connectivity index (χ4n) is 2.62. The van der Waals surface area contributed by atoms with E-state index in [0.29, 0.717) is 11.7 Å². The molecule has 1 aliphatic heterocycles. The van der Waals surface area contributed by atoms with E-state index in [1.807, 2.05) is 4.90 Å². The molecule has 0 saturated heterocycles. The van der Waals surface area contributed by atoms with Crippen LogP contribution in [0.1, 0.15) is 47.9 Å². The Morgan fingerprint density at radius 2 is 2.33 bits per heavy atom. The molecule has 98 valence electrons. The van der Waals surface area contributed by atoms with Crippen LogP contribution in [-0.2, 0) is 13.0 Å². The average molecular weight is 248 g/mol. The van der Waals surface area contributed by atoms with Crippen LogP contribution in [0.25, 0.3) is 0 Å². The normalized spacial score (nSPS) is 18.5. The zero-order valence-corrected chi connectivity index (χ0v) is 10.8. The number of rotatable bonds is 4. The van der Waals surface area contributed by atoms with E-state index in [1.165, 1.54) is 0 Å². The molecule has 1 amide bonds. The van der Waals surface area contributed by atoms with Gasteiger partial charge in [-0.15, -0.1) is 0 Å². The summed E-state index contributed by atoms with van der Waals surface area (Å²) in [6, 6.07) is 0.460. The number of carbonyl (C=O) groups is 1. The summed E-state index contributed by atoms with van der Waals surface area (Å²) in [6.07, 6.45) is 4.24. The molecule has 2 N–H and O–H groups in total. The van der Waals surface area contributed by atoms with Gasteiger partial charge in [-0.3, -0.25) is 9.89 Å². The largest absolute Gasteiger partial charge is 0.334 e. The van der Waals surface area contributed by atoms with E-state index in [2.05, 4.69) is 22.4 Å². The Balaban J connectivity index is 1.84. The molecule has 1 aliphatic carbocycles. The molecule has 1 aromatic heterocycles. The van der Waals surface area contributed by atoms with Crippen LogP contribution in [0.3, 0.4) is 0 Å². The number of nitrogens with one attached hydrogen (secondary N) is 2. The Labute approximate surface area is 107 Å². The molecule has 0 atom stereocenters. The molecule has 0 bridgehead atoms. The Morgan fingerprint density at radius 1 is 1.50 bits per heavy atom. The SMILES string of the molecule is CCCN(C(=O)c1n[nH]c2c1CNCC2)C1CC1. The average Bonchev–Trinajstić information content (AvgIpc) is 3.14. The fraction of sp³-hybridized carbons (Fsp3) is 0.692. The number of H-pyrrole nitrogens is 1. The third-order valence-electron chi connectivity index (χ3n) is 3.72. The third kappa shape index (κ3) is 2.03. The van der Waals surface area contributed by atoms with E-state index < -0.39 is 0 Å². The molecule has 18 heavy (non-hydrogen) atoms. The second-order valence-electron chi connectivity index (χ2n) is 5.19. The Morgan fingerprint density at radius 3 is 3.06 bits per heavy atom. The van der Waals surface area contributed by atoms with Crippen molar-refractivity contribution >= 4 is 5.91 Å². The summed E-state index contributed by atoms with van der Waals surface area (Å²) < 4.78 is 0. The Kier molecular flexibility index (Phi) is 3.07. The molecule has 0 unspecified atom stereocenters. The summed E-state index contributed by atoms with van der Waals surface area (Å²) in [6.45, 7) is 4.68. The fourth-order valence-corrected chi connectivity index (χ4v) is 2.62. The Bertz CT molecular complexity index is 450. The van der Waals surface area contributed by atoms with Gasteiger partial charge in [-0.05, 0) is 19.3 Å². The number of aromatic amines is 1. The van der Waals surface area contributed by atoms with Crippen LogP contribution in [0, 0.1) is 0 Å². The molecule has 5 heteroatoms. The minimum Gasteiger partial charge on any atom is -0.334 e. The van der Waals surface area contributed by atoms with Crippen molar-refractivity contribution in [2.75, 3.05) is 13.1 Å². The smallest absolute Gasteiger partial charge is 0.274 e. The molecule has 2 aliphatic rings. The topological polar surface area (TPSA) is 61.0 Å². The molecule has 1 fully saturated rings. The van der Waals surface area contributed by atoms with Crippen molar-refractivity contribution in [3.05, 3.63) is 17.0 Å². The minimum absolute atomic E-state index is 0.112. The maximum atomic E-state index is 12.6. The highest BCUT2D eigenvalue weighted by molar-refractivity contribution is 5.94. The summed E-state index contributed by atoms with van der Waals surface area (Å²) in [4.78, 5) is 14.6. The summed E-state index contributed by atoms with van der Waals surface area (Å²) in [7, 11) is 0. The summed E-state index contributed by atoms with van der Waals surface area (Å²) in [5.74, 6) is 0.112. The maximum Gasteiger partial charge on any atom is 0.274 e. The zero-order valence-electron chi connectivity index (χ0n) is 10.8. The van der Waals surface area contributed by atoms with Gasteiger partial charge in [0, 0.05) is 43.4 Å². The van der Waals surface area contributed by atoms with Gasteiger partial charge in [-0.2, -0.15) is 5.10 Å². The molecular formula is C13H20N4O. The lowest BCUT2D eigenvalue weighted by molar-refractivity contribution is 0.0735. The van der Waals surface area contributed by atoms with Crippen LogP contribution >= 0.6 is 0 Å². The van der Waals surface area contributed by atoms with E-state index in [4.69, 9.17) is 0 Å². The van der Waals surface area contributed by atoms with Gasteiger partial charge < -0.3 is 10.2 Å². The van der Waals surface area contributed by atoms with Crippen molar-refractivity contribution in [2.45, 2.75) is 45.2 Å². The molecule has 0 spiro atoms. The van der Waals surface area contributed by atoms with Crippen molar-refractivity contribution in [1.82, 2.24) is 20.4 Å². The molecule has 0 radical (unpaired) electrons. The van der Waals surface area contributed by atoms with Crippen LogP contribution in [0.5, 0.6) is 0 Å². The molecule has 2 heterocycles. The molecule has 0 aromatic carbocycles. The maximum absolute atomic E-state index is 12.6. The first-order valence-electron chi connectivity index (χ1n) is 6.89. The predicted octanol–water partition coefficient (Wildman–Crippen LogP) is 1.07. The van der Waals surface area contributed by atoms with Crippen molar-refractivity contribution < 1.29 is 4.79 Å². The third-order valence-corrected chi connectivity index (χ3v) is 3.72. The lowest BCUT2D eigenvalue weighted by atomic mass is 10.1. The van der Waals surface area contributed by atoms with Crippen molar-refractivity contribution in [1.29, 1.82) is 0 Å². The minimum atomic E-state index is 0.112. The van der Waals surface area contributed by atoms with Crippen LogP contribution < -0.4 is 5.32 Å². The second-order valence-corrected chi connectivity index (χ2v) is 5.19. The molecular weight excluding hydrogens is 228 g/mol. The van der Waals surface area contributed by atoms with Crippen LogP contribution in [0.2, 0.25) is 0 Å². The number of amides is 1. The van der Waals surface area contributed by atoms with Crippen molar-refractivity contribution in [3.8, 4) is 0 Å². The highest BCUT2D eigenvalue weighted by Gasteiger charge is 2.34. The van der Waals surface area contributed by atoms with Gasteiger partial charge in [0.2, 0.25) is 0 Å². The monoisotopic (exact) mass is 248 g/mol. The van der Waals surface area contributed by atoms with Gasteiger partial charge in [-0.25, -0.2) is 0 Å². The molecule has 3 rings (SSSR count). The van der Waals surface area contributed by atoms with Crippen molar-refractivity contribution in [3.63, 3.8) is 0 Å². The van der Waals surface area contributed by atoms with Gasteiger partial charge >= 0.3 is 0 Å². The summed E-state index contributed by atoms with van der Waals surface area (Å²) in [5.41, 5.74) is 2.84. The first-order valence-corrected chi connectivity index (χ1v) is 6.89. The highest BCUT2D eigenvalue weighted by Crippen LogP contribution is 2.29. The summed E-state index contributed by atoms with van der Waals surface area (Å²) in [5, 5.41) is 10.6. The predicted molar refractivity (Wildman–Crippen MR) is 68.3 cm³/mol. The zero-order chi connectivity index (χ0) is 12.5. The molecule has 1 aromatic rings. The number of hydrogen-bond acceptors (Lipinski definition) is 3. The number of fused-ring (bicyclic) bond motifs is 1. The number of hydrogen-bond donors (Lipinski definition) is 2. The van der Waals surface area contributed by atoms with Crippen molar-refractivity contribution in [2.24, 2.45) is 0 Å². The van der Waals surface area contributed by atoms with Crippen LogP contribution in [0.15, 0.2) is 0 Å². The quantitative estimate of drug-likeness (QED) is 0.838. The molecule has 1 saturated carbocycles. The van der Waals surface area contributed by atoms with Crippen LogP contribution in [-0.4, -0.2) is 40.1 Å². The standard InChI is InChI=1S/C13H20N4O/c1-2-7-17(9-3-4-9)13(18)12-10-8-14-6-5-11(10)15-16-12/h9,14H,2-8H2,1H3,(H,15,16). The number of aromatic nitrogens is 2. The second kappa shape index (κ2) is 4.72.